The van der Waals surface area contributed by atoms with Gasteiger partial charge in [-0.3, -0.25) is 4.79 Å². The summed E-state index contributed by atoms with van der Waals surface area (Å²) in [5, 5.41) is 12.0. The smallest absolute Gasteiger partial charge is 0.255 e. The van der Waals surface area contributed by atoms with Gasteiger partial charge in [0.2, 0.25) is 0 Å². The topological polar surface area (TPSA) is 90.2 Å². The second-order valence-electron chi connectivity index (χ2n) is 5.86. The second kappa shape index (κ2) is 8.49. The lowest BCUT2D eigenvalue weighted by atomic mass is 10.1. The van der Waals surface area contributed by atoms with Crippen molar-refractivity contribution in [3.05, 3.63) is 59.9 Å². The van der Waals surface area contributed by atoms with Crippen LogP contribution in [0.4, 0.5) is 5.69 Å². The number of rotatable bonds is 7. The summed E-state index contributed by atoms with van der Waals surface area (Å²) >= 11 is 0. The first kappa shape index (κ1) is 19.3. The minimum Gasteiger partial charge on any atom is -0.496 e. The minimum atomic E-state index is -0.295. The maximum atomic E-state index is 12.6. The Morgan fingerprint density at radius 3 is 2.32 bits per heavy atom. The molecule has 0 spiro atoms. The third kappa shape index (κ3) is 3.94. The van der Waals surface area contributed by atoms with Crippen LogP contribution in [0.3, 0.4) is 0 Å². The third-order valence-corrected chi connectivity index (χ3v) is 4.19. The molecule has 28 heavy (non-hydrogen) atoms. The van der Waals surface area contributed by atoms with Gasteiger partial charge in [-0.05, 0) is 42.5 Å². The van der Waals surface area contributed by atoms with Crippen LogP contribution in [0.1, 0.15) is 16.1 Å². The number of anilines is 1. The van der Waals surface area contributed by atoms with Gasteiger partial charge in [-0.15, -0.1) is 0 Å². The summed E-state index contributed by atoms with van der Waals surface area (Å²) in [6, 6.07) is 13.6. The van der Waals surface area contributed by atoms with Crippen LogP contribution in [-0.4, -0.2) is 32.3 Å². The largest absolute Gasteiger partial charge is 0.496 e. The van der Waals surface area contributed by atoms with Crippen LogP contribution in [0.25, 0.3) is 11.3 Å². The van der Waals surface area contributed by atoms with Gasteiger partial charge in [-0.1, -0.05) is 0 Å². The number of furan rings is 1. The summed E-state index contributed by atoms with van der Waals surface area (Å²) in [5.74, 6) is 2.29. The van der Waals surface area contributed by atoms with Crippen molar-refractivity contribution < 1.29 is 28.5 Å². The van der Waals surface area contributed by atoms with Crippen LogP contribution in [0, 0.1) is 0 Å². The number of carbonyl (C=O) groups is 1. The monoisotopic (exact) mass is 383 g/mol. The maximum absolute atomic E-state index is 12.6. The van der Waals surface area contributed by atoms with Gasteiger partial charge in [0, 0.05) is 17.3 Å². The molecule has 0 aliphatic rings. The number of aliphatic hydroxyl groups is 1. The van der Waals surface area contributed by atoms with E-state index in [1.54, 1.807) is 48.5 Å². The van der Waals surface area contributed by atoms with E-state index < -0.39 is 0 Å². The molecule has 3 rings (SSSR count). The van der Waals surface area contributed by atoms with E-state index in [2.05, 4.69) is 5.32 Å². The maximum Gasteiger partial charge on any atom is 0.255 e. The van der Waals surface area contributed by atoms with E-state index in [9.17, 15) is 4.79 Å². The van der Waals surface area contributed by atoms with Gasteiger partial charge in [0.1, 0.15) is 23.9 Å². The lowest BCUT2D eigenvalue weighted by Gasteiger charge is -2.12. The highest BCUT2D eigenvalue weighted by atomic mass is 16.5. The Bertz CT molecular complexity index is 979. The van der Waals surface area contributed by atoms with Crippen molar-refractivity contribution in [3.8, 4) is 28.6 Å². The Morgan fingerprint density at radius 2 is 1.68 bits per heavy atom. The van der Waals surface area contributed by atoms with E-state index in [1.165, 1.54) is 21.3 Å². The fourth-order valence-electron chi connectivity index (χ4n) is 2.76. The summed E-state index contributed by atoms with van der Waals surface area (Å²) in [6.45, 7) is -0.179. The quantitative estimate of drug-likeness (QED) is 0.646. The van der Waals surface area contributed by atoms with Crippen LogP contribution < -0.4 is 19.5 Å². The molecule has 0 unspecified atom stereocenters. The molecule has 0 fully saturated rings. The molecule has 1 amide bonds. The van der Waals surface area contributed by atoms with Crippen molar-refractivity contribution in [2.45, 2.75) is 6.61 Å². The number of hydrogen-bond donors (Lipinski definition) is 2. The SMILES string of the molecule is COc1ccc(C(=O)Nc2ccc(-c3ccc(CO)o3)c(OC)c2)cc1OC. The van der Waals surface area contributed by atoms with Crippen LogP contribution in [-0.2, 0) is 6.61 Å². The van der Waals surface area contributed by atoms with Gasteiger partial charge in [0.15, 0.2) is 11.5 Å². The standard InChI is InChI=1S/C21H21NO6/c1-25-18-8-4-13(10-20(18)27-3)21(24)22-14-5-7-16(19(11-14)26-2)17-9-6-15(12-23)28-17/h4-11,23H,12H2,1-3H3,(H,22,24). The third-order valence-electron chi connectivity index (χ3n) is 4.19. The van der Waals surface area contributed by atoms with Crippen molar-refractivity contribution in [2.24, 2.45) is 0 Å². The summed E-state index contributed by atoms with van der Waals surface area (Å²) in [5.41, 5.74) is 1.71. The molecule has 3 aromatic rings. The molecule has 1 aromatic heterocycles. The summed E-state index contributed by atoms with van der Waals surface area (Å²) in [6.07, 6.45) is 0. The molecule has 2 N–H and O–H groups in total. The second-order valence-corrected chi connectivity index (χ2v) is 5.86. The van der Waals surface area contributed by atoms with E-state index in [0.29, 0.717) is 45.6 Å². The number of carbonyl (C=O) groups excluding carboxylic acids is 1. The van der Waals surface area contributed by atoms with Crippen LogP contribution in [0.5, 0.6) is 17.2 Å². The normalized spacial score (nSPS) is 10.4. The van der Waals surface area contributed by atoms with Gasteiger partial charge in [0.05, 0.1) is 26.9 Å². The number of ether oxygens (including phenoxy) is 3. The molecule has 7 heteroatoms. The molecule has 0 aliphatic carbocycles. The average molecular weight is 383 g/mol. The molecule has 0 aliphatic heterocycles. The van der Waals surface area contributed by atoms with Crippen molar-refractivity contribution in [1.29, 1.82) is 0 Å². The predicted molar refractivity (Wildman–Crippen MR) is 104 cm³/mol. The van der Waals surface area contributed by atoms with Gasteiger partial charge < -0.3 is 29.1 Å². The van der Waals surface area contributed by atoms with Gasteiger partial charge in [0.25, 0.3) is 5.91 Å². The number of methoxy groups -OCH3 is 3. The Morgan fingerprint density at radius 1 is 0.929 bits per heavy atom. The fourth-order valence-corrected chi connectivity index (χ4v) is 2.76. The molecule has 2 aromatic carbocycles. The molecular weight excluding hydrogens is 362 g/mol. The van der Waals surface area contributed by atoms with Gasteiger partial charge in [-0.25, -0.2) is 0 Å². The molecule has 0 atom stereocenters. The van der Waals surface area contributed by atoms with Crippen molar-refractivity contribution in [2.75, 3.05) is 26.6 Å². The Kier molecular flexibility index (Phi) is 5.86. The minimum absolute atomic E-state index is 0.179. The lowest BCUT2D eigenvalue weighted by molar-refractivity contribution is 0.102. The van der Waals surface area contributed by atoms with E-state index in [0.717, 1.165) is 0 Å². The van der Waals surface area contributed by atoms with Crippen LogP contribution in [0.15, 0.2) is 52.9 Å². The highest BCUT2D eigenvalue weighted by Gasteiger charge is 2.14. The van der Waals surface area contributed by atoms with E-state index in [1.807, 2.05) is 0 Å². The number of aliphatic hydroxyl groups excluding tert-OH is 1. The van der Waals surface area contributed by atoms with Gasteiger partial charge in [-0.2, -0.15) is 0 Å². The molecule has 0 bridgehead atoms. The van der Waals surface area contributed by atoms with Crippen molar-refractivity contribution in [1.82, 2.24) is 0 Å². The molecule has 0 saturated heterocycles. The van der Waals surface area contributed by atoms with E-state index in [-0.39, 0.29) is 12.5 Å². The first-order valence-electron chi connectivity index (χ1n) is 8.51. The predicted octanol–water partition coefficient (Wildman–Crippen LogP) is 3.72. The Labute approximate surface area is 162 Å². The highest BCUT2D eigenvalue weighted by molar-refractivity contribution is 6.05. The molecule has 1 heterocycles. The first-order chi connectivity index (χ1) is 13.6. The fraction of sp³-hybridized carbons (Fsp3) is 0.190. The molecular formula is C21H21NO6. The first-order valence-corrected chi connectivity index (χ1v) is 8.51. The Balaban J connectivity index is 1.83. The van der Waals surface area contributed by atoms with Crippen molar-refractivity contribution in [3.63, 3.8) is 0 Å². The molecule has 146 valence electrons. The number of amides is 1. The van der Waals surface area contributed by atoms with Gasteiger partial charge >= 0.3 is 0 Å². The average Bonchev–Trinajstić information content (AvgIpc) is 3.22. The zero-order valence-electron chi connectivity index (χ0n) is 15.8. The van der Waals surface area contributed by atoms with E-state index >= 15 is 0 Å². The summed E-state index contributed by atoms with van der Waals surface area (Å²) in [4.78, 5) is 12.6. The number of nitrogens with one attached hydrogen (secondary N) is 1. The van der Waals surface area contributed by atoms with Crippen molar-refractivity contribution >= 4 is 11.6 Å². The summed E-state index contributed by atoms with van der Waals surface area (Å²) < 4.78 is 21.4. The number of hydrogen-bond acceptors (Lipinski definition) is 6. The van der Waals surface area contributed by atoms with Crippen LogP contribution >= 0.6 is 0 Å². The molecule has 0 radical (unpaired) electrons. The number of benzene rings is 2. The Hall–Kier alpha value is -3.45. The summed E-state index contributed by atoms with van der Waals surface area (Å²) in [7, 11) is 4.59. The van der Waals surface area contributed by atoms with Crippen LogP contribution in [0.2, 0.25) is 0 Å². The lowest BCUT2D eigenvalue weighted by Crippen LogP contribution is -2.12. The van der Waals surface area contributed by atoms with E-state index in [4.69, 9.17) is 23.7 Å². The molecule has 7 nitrogen and oxygen atoms in total. The zero-order chi connectivity index (χ0) is 20.1. The molecule has 0 saturated carbocycles. The highest BCUT2D eigenvalue weighted by Crippen LogP contribution is 2.34. The zero-order valence-corrected chi connectivity index (χ0v) is 15.8.